The standard InChI is InChI=1S/C18H28N4O3/c1-13-19-9-16(20-13)17(24)22-6-3-18(4-7-22)8-15(25-12-18)11-21-5-2-14(23)10-21/h9,14-15,23H,2-8,10-12H2,1H3,(H,19,20)/t14-,15+/m1/s1. The first-order valence-electron chi connectivity index (χ1n) is 9.36. The summed E-state index contributed by atoms with van der Waals surface area (Å²) in [6.45, 7) is 6.91. The monoisotopic (exact) mass is 348 g/mol. The van der Waals surface area contributed by atoms with E-state index < -0.39 is 0 Å². The molecule has 2 atom stereocenters. The zero-order chi connectivity index (χ0) is 17.4. The summed E-state index contributed by atoms with van der Waals surface area (Å²) in [5, 5.41) is 9.67. The third-order valence-electron chi connectivity index (χ3n) is 6.04. The SMILES string of the molecule is Cc1ncc(C(=O)N2CCC3(CC2)CO[C@H](CN2CC[C@@H](O)C2)C3)[nH]1. The number of carbonyl (C=O) groups is 1. The molecule has 3 aliphatic rings. The van der Waals surface area contributed by atoms with Crippen LogP contribution in [0.25, 0.3) is 0 Å². The highest BCUT2D eigenvalue weighted by Crippen LogP contribution is 2.42. The van der Waals surface area contributed by atoms with Gasteiger partial charge >= 0.3 is 0 Å². The number of aliphatic hydroxyl groups is 1. The van der Waals surface area contributed by atoms with Gasteiger partial charge in [0.1, 0.15) is 11.5 Å². The van der Waals surface area contributed by atoms with Crippen molar-refractivity contribution in [2.24, 2.45) is 5.41 Å². The van der Waals surface area contributed by atoms with Crippen molar-refractivity contribution in [3.05, 3.63) is 17.7 Å². The molecule has 0 unspecified atom stereocenters. The molecule has 25 heavy (non-hydrogen) atoms. The van der Waals surface area contributed by atoms with Crippen LogP contribution in [0.15, 0.2) is 6.20 Å². The lowest BCUT2D eigenvalue weighted by atomic mass is 9.76. The van der Waals surface area contributed by atoms with Crippen LogP contribution in [-0.4, -0.2) is 82.3 Å². The first-order valence-corrected chi connectivity index (χ1v) is 9.36. The van der Waals surface area contributed by atoms with Crippen molar-refractivity contribution in [1.82, 2.24) is 19.8 Å². The predicted octanol–water partition coefficient (Wildman–Crippen LogP) is 0.796. The number of nitrogens with one attached hydrogen (secondary N) is 1. The second-order valence-corrected chi connectivity index (χ2v) is 8.01. The second kappa shape index (κ2) is 6.70. The molecule has 2 N–H and O–H groups in total. The van der Waals surface area contributed by atoms with Crippen LogP contribution >= 0.6 is 0 Å². The number of hydrogen-bond donors (Lipinski definition) is 2. The van der Waals surface area contributed by atoms with Crippen molar-refractivity contribution in [3.8, 4) is 0 Å². The Bertz CT molecular complexity index is 624. The van der Waals surface area contributed by atoms with Crippen molar-refractivity contribution < 1.29 is 14.6 Å². The normalized spacial score (nSPS) is 29.6. The lowest BCUT2D eigenvalue weighted by Crippen LogP contribution is -2.44. The summed E-state index contributed by atoms with van der Waals surface area (Å²) in [6.07, 6.45) is 5.68. The molecule has 0 aromatic carbocycles. The van der Waals surface area contributed by atoms with Crippen LogP contribution in [0.3, 0.4) is 0 Å². The van der Waals surface area contributed by atoms with Gasteiger partial charge in [0.25, 0.3) is 5.91 Å². The first kappa shape index (κ1) is 17.0. The summed E-state index contributed by atoms with van der Waals surface area (Å²) in [5.41, 5.74) is 0.811. The van der Waals surface area contributed by atoms with E-state index in [2.05, 4.69) is 14.9 Å². The van der Waals surface area contributed by atoms with Gasteiger partial charge in [-0.1, -0.05) is 0 Å². The molecule has 138 valence electrons. The van der Waals surface area contributed by atoms with Crippen LogP contribution in [0, 0.1) is 12.3 Å². The van der Waals surface area contributed by atoms with Crippen LogP contribution in [0.1, 0.15) is 42.0 Å². The number of β-amino-alcohol motifs (C(OH)–C–C–N with tert-alkyl or cyclic N) is 1. The molecule has 1 amide bonds. The molecule has 1 aromatic heterocycles. The number of ether oxygens (including phenoxy) is 1. The van der Waals surface area contributed by atoms with Crippen LogP contribution in [0.4, 0.5) is 0 Å². The third-order valence-corrected chi connectivity index (χ3v) is 6.04. The number of amides is 1. The van der Waals surface area contributed by atoms with E-state index in [9.17, 15) is 9.90 Å². The molecule has 0 saturated carbocycles. The maximum atomic E-state index is 12.5. The van der Waals surface area contributed by atoms with E-state index in [1.807, 2.05) is 11.8 Å². The van der Waals surface area contributed by atoms with Gasteiger partial charge in [-0.25, -0.2) is 4.98 Å². The minimum atomic E-state index is -0.171. The average Bonchev–Trinajstić information content (AvgIpc) is 3.30. The fourth-order valence-corrected chi connectivity index (χ4v) is 4.51. The van der Waals surface area contributed by atoms with Gasteiger partial charge in [0.15, 0.2) is 0 Å². The van der Waals surface area contributed by atoms with Crippen molar-refractivity contribution in [1.29, 1.82) is 0 Å². The van der Waals surface area contributed by atoms with E-state index in [0.717, 1.165) is 70.8 Å². The molecule has 1 aromatic rings. The van der Waals surface area contributed by atoms with E-state index in [1.54, 1.807) is 6.20 Å². The maximum Gasteiger partial charge on any atom is 0.271 e. The summed E-state index contributed by atoms with van der Waals surface area (Å²) in [7, 11) is 0. The molecule has 0 bridgehead atoms. The fraction of sp³-hybridized carbons (Fsp3) is 0.778. The number of aliphatic hydroxyl groups excluding tert-OH is 1. The lowest BCUT2D eigenvalue weighted by molar-refractivity contribution is 0.0448. The molecule has 3 saturated heterocycles. The largest absolute Gasteiger partial charge is 0.392 e. The molecule has 3 aliphatic heterocycles. The zero-order valence-electron chi connectivity index (χ0n) is 14.9. The Kier molecular flexibility index (Phi) is 4.56. The number of rotatable bonds is 3. The number of H-pyrrole nitrogens is 1. The Hall–Kier alpha value is -1.44. The summed E-state index contributed by atoms with van der Waals surface area (Å²) in [6, 6.07) is 0. The number of carbonyl (C=O) groups excluding carboxylic acids is 1. The van der Waals surface area contributed by atoms with Crippen molar-refractivity contribution in [2.45, 2.75) is 44.8 Å². The molecule has 7 heteroatoms. The fourth-order valence-electron chi connectivity index (χ4n) is 4.51. The van der Waals surface area contributed by atoms with E-state index >= 15 is 0 Å². The summed E-state index contributed by atoms with van der Waals surface area (Å²) < 4.78 is 6.08. The highest BCUT2D eigenvalue weighted by Gasteiger charge is 2.43. The second-order valence-electron chi connectivity index (χ2n) is 8.01. The van der Waals surface area contributed by atoms with Crippen molar-refractivity contribution >= 4 is 5.91 Å². The van der Waals surface area contributed by atoms with Gasteiger partial charge in [-0.3, -0.25) is 9.69 Å². The van der Waals surface area contributed by atoms with Gasteiger partial charge in [-0.05, 0) is 38.0 Å². The lowest BCUT2D eigenvalue weighted by Gasteiger charge is -2.38. The number of aromatic amines is 1. The van der Waals surface area contributed by atoms with E-state index in [0.29, 0.717) is 5.69 Å². The van der Waals surface area contributed by atoms with Gasteiger partial charge in [0.05, 0.1) is 25.0 Å². The average molecular weight is 348 g/mol. The highest BCUT2D eigenvalue weighted by atomic mass is 16.5. The van der Waals surface area contributed by atoms with E-state index in [1.165, 1.54) is 0 Å². The smallest absolute Gasteiger partial charge is 0.271 e. The van der Waals surface area contributed by atoms with Crippen LogP contribution in [0.2, 0.25) is 0 Å². The van der Waals surface area contributed by atoms with Gasteiger partial charge in [0, 0.05) is 32.7 Å². The van der Waals surface area contributed by atoms with Gasteiger partial charge < -0.3 is 19.7 Å². The minimum Gasteiger partial charge on any atom is -0.392 e. The molecule has 0 radical (unpaired) electrons. The summed E-state index contributed by atoms with van der Waals surface area (Å²) in [4.78, 5) is 23.9. The predicted molar refractivity (Wildman–Crippen MR) is 92.3 cm³/mol. The number of aromatic nitrogens is 2. The van der Waals surface area contributed by atoms with Gasteiger partial charge in [0.2, 0.25) is 0 Å². The Morgan fingerprint density at radius 3 is 2.88 bits per heavy atom. The van der Waals surface area contributed by atoms with E-state index in [4.69, 9.17) is 4.74 Å². The molecular weight excluding hydrogens is 320 g/mol. The Balaban J connectivity index is 1.29. The number of nitrogens with zero attached hydrogens (tertiary/aromatic N) is 3. The molecular formula is C18H28N4O3. The maximum absolute atomic E-state index is 12.5. The number of imidazole rings is 1. The topological polar surface area (TPSA) is 81.7 Å². The molecule has 7 nitrogen and oxygen atoms in total. The van der Waals surface area contributed by atoms with Crippen LogP contribution < -0.4 is 0 Å². The number of likely N-dealkylation sites (tertiary alicyclic amines) is 2. The molecule has 4 rings (SSSR count). The Morgan fingerprint density at radius 1 is 1.44 bits per heavy atom. The summed E-state index contributed by atoms with van der Waals surface area (Å²) >= 11 is 0. The summed E-state index contributed by atoms with van der Waals surface area (Å²) in [5.74, 6) is 0.827. The molecule has 3 fully saturated rings. The van der Waals surface area contributed by atoms with Crippen molar-refractivity contribution in [2.75, 3.05) is 39.3 Å². The van der Waals surface area contributed by atoms with E-state index in [-0.39, 0.29) is 23.5 Å². The van der Waals surface area contributed by atoms with Gasteiger partial charge in [-0.2, -0.15) is 0 Å². The quantitative estimate of drug-likeness (QED) is 0.844. The molecule has 1 spiro atoms. The third kappa shape index (κ3) is 3.59. The Labute approximate surface area is 148 Å². The number of piperidine rings is 1. The van der Waals surface area contributed by atoms with Crippen LogP contribution in [0.5, 0.6) is 0 Å². The van der Waals surface area contributed by atoms with Crippen molar-refractivity contribution in [3.63, 3.8) is 0 Å². The van der Waals surface area contributed by atoms with Crippen LogP contribution in [-0.2, 0) is 4.74 Å². The number of aryl methyl sites for hydroxylation is 1. The Morgan fingerprint density at radius 2 is 2.24 bits per heavy atom. The number of hydrogen-bond acceptors (Lipinski definition) is 5. The zero-order valence-corrected chi connectivity index (χ0v) is 14.9. The first-order chi connectivity index (χ1) is 12.0. The molecule has 0 aliphatic carbocycles. The minimum absolute atomic E-state index is 0.0527. The highest BCUT2D eigenvalue weighted by molar-refractivity contribution is 5.92. The molecule has 4 heterocycles. The van der Waals surface area contributed by atoms with Gasteiger partial charge in [-0.15, -0.1) is 0 Å².